The number of nitrogens with zero attached hydrogens (tertiary/aromatic N) is 2. The Kier molecular flexibility index (Phi) is 4.35. The summed E-state index contributed by atoms with van der Waals surface area (Å²) in [6, 6.07) is -0.202. The predicted octanol–water partition coefficient (Wildman–Crippen LogP) is 1.26. The molecule has 19 heavy (non-hydrogen) atoms. The Morgan fingerprint density at radius 2 is 2.11 bits per heavy atom. The molecule has 2 saturated heterocycles. The van der Waals surface area contributed by atoms with Crippen LogP contribution in [-0.2, 0) is 9.53 Å². The molecule has 1 amide bonds. The molecule has 2 aliphatic rings. The van der Waals surface area contributed by atoms with Gasteiger partial charge in [0.1, 0.15) is 6.42 Å². The first kappa shape index (κ1) is 14.6. The highest BCUT2D eigenvalue weighted by molar-refractivity contribution is 5.77. The maximum atomic E-state index is 12.3. The number of amides is 1. The van der Waals surface area contributed by atoms with Crippen LogP contribution in [0.4, 0.5) is 13.2 Å². The van der Waals surface area contributed by atoms with E-state index in [-0.39, 0.29) is 18.7 Å². The number of carbonyl (C=O) groups excluding carboxylic acids is 1. The van der Waals surface area contributed by atoms with Gasteiger partial charge in [0.15, 0.2) is 0 Å². The SMILES string of the molecule is CCN1CCC2C(C1)OCCN2C(=O)CC(F)(F)F. The summed E-state index contributed by atoms with van der Waals surface area (Å²) in [5, 5.41) is 0. The molecule has 2 aliphatic heterocycles. The number of fused-ring (bicyclic) bond motifs is 1. The molecule has 4 nitrogen and oxygen atoms in total. The highest BCUT2D eigenvalue weighted by Crippen LogP contribution is 2.27. The van der Waals surface area contributed by atoms with Gasteiger partial charge in [0.05, 0.1) is 18.8 Å². The molecule has 0 saturated carbocycles. The van der Waals surface area contributed by atoms with Crippen molar-refractivity contribution in [3.8, 4) is 0 Å². The second-order valence-corrected chi connectivity index (χ2v) is 5.04. The van der Waals surface area contributed by atoms with Crippen LogP contribution >= 0.6 is 0 Å². The van der Waals surface area contributed by atoms with Crippen LogP contribution in [0.1, 0.15) is 19.8 Å². The van der Waals surface area contributed by atoms with Crippen molar-refractivity contribution in [1.82, 2.24) is 9.80 Å². The van der Waals surface area contributed by atoms with Crippen LogP contribution in [0, 0.1) is 0 Å². The summed E-state index contributed by atoms with van der Waals surface area (Å²) in [6.07, 6.45) is -5.27. The number of rotatable bonds is 2. The van der Waals surface area contributed by atoms with Crippen LogP contribution in [0.25, 0.3) is 0 Å². The van der Waals surface area contributed by atoms with Crippen molar-refractivity contribution >= 4 is 5.91 Å². The minimum atomic E-state index is -4.44. The van der Waals surface area contributed by atoms with E-state index >= 15 is 0 Å². The standard InChI is InChI=1S/C12H19F3N2O2/c1-2-16-4-3-9-10(8-16)19-6-5-17(9)11(18)7-12(13,14)15/h9-10H,2-8H2,1H3. The molecule has 0 aromatic heterocycles. The summed E-state index contributed by atoms with van der Waals surface area (Å²) in [5.74, 6) is -0.823. The lowest BCUT2D eigenvalue weighted by atomic mass is 9.98. The average Bonchev–Trinajstić information content (AvgIpc) is 2.35. The van der Waals surface area contributed by atoms with Gasteiger partial charge in [0, 0.05) is 19.6 Å². The Balaban J connectivity index is 2.00. The van der Waals surface area contributed by atoms with Crippen molar-refractivity contribution in [2.24, 2.45) is 0 Å². The number of piperidine rings is 1. The number of likely N-dealkylation sites (tertiary alicyclic amines) is 1. The molecule has 0 radical (unpaired) electrons. The van der Waals surface area contributed by atoms with E-state index in [1.165, 1.54) is 4.90 Å². The molecule has 0 aliphatic carbocycles. The van der Waals surface area contributed by atoms with E-state index in [9.17, 15) is 18.0 Å². The van der Waals surface area contributed by atoms with Crippen molar-refractivity contribution in [3.63, 3.8) is 0 Å². The summed E-state index contributed by atoms with van der Waals surface area (Å²) >= 11 is 0. The number of halogens is 3. The predicted molar refractivity (Wildman–Crippen MR) is 62.6 cm³/mol. The van der Waals surface area contributed by atoms with Crippen molar-refractivity contribution in [2.75, 3.05) is 32.8 Å². The third-order valence-electron chi connectivity index (χ3n) is 3.79. The lowest BCUT2D eigenvalue weighted by Crippen LogP contribution is -2.60. The highest BCUT2D eigenvalue weighted by atomic mass is 19.4. The molecule has 0 spiro atoms. The molecule has 0 N–H and O–H groups in total. The third-order valence-corrected chi connectivity index (χ3v) is 3.79. The Labute approximate surface area is 110 Å². The second-order valence-electron chi connectivity index (χ2n) is 5.04. The smallest absolute Gasteiger partial charge is 0.373 e. The summed E-state index contributed by atoms with van der Waals surface area (Å²) in [4.78, 5) is 15.3. The zero-order chi connectivity index (χ0) is 14.0. The Morgan fingerprint density at radius 1 is 1.37 bits per heavy atom. The molecular weight excluding hydrogens is 261 g/mol. The summed E-state index contributed by atoms with van der Waals surface area (Å²) < 4.78 is 42.6. The Morgan fingerprint density at radius 3 is 2.74 bits per heavy atom. The number of alkyl halides is 3. The first-order valence-corrected chi connectivity index (χ1v) is 6.61. The van der Waals surface area contributed by atoms with Crippen LogP contribution in [0.15, 0.2) is 0 Å². The molecule has 2 atom stereocenters. The van der Waals surface area contributed by atoms with E-state index in [2.05, 4.69) is 4.90 Å². The van der Waals surface area contributed by atoms with Gasteiger partial charge in [0.2, 0.25) is 5.91 Å². The van der Waals surface area contributed by atoms with Crippen molar-refractivity contribution in [3.05, 3.63) is 0 Å². The fourth-order valence-corrected chi connectivity index (χ4v) is 2.83. The Bertz CT molecular complexity index is 335. The lowest BCUT2D eigenvalue weighted by molar-refractivity contribution is -0.174. The molecule has 2 fully saturated rings. The van der Waals surface area contributed by atoms with Gasteiger partial charge in [-0.25, -0.2) is 0 Å². The summed E-state index contributed by atoms with van der Waals surface area (Å²) in [7, 11) is 0. The lowest BCUT2D eigenvalue weighted by Gasteiger charge is -2.46. The number of carbonyl (C=O) groups is 1. The molecule has 0 aromatic rings. The summed E-state index contributed by atoms with van der Waals surface area (Å²) in [6.45, 7) is 5.01. The van der Waals surface area contributed by atoms with Gasteiger partial charge in [-0.3, -0.25) is 4.79 Å². The molecule has 7 heteroatoms. The van der Waals surface area contributed by atoms with E-state index in [0.717, 1.165) is 13.1 Å². The van der Waals surface area contributed by atoms with Crippen LogP contribution in [0.5, 0.6) is 0 Å². The normalized spacial score (nSPS) is 29.2. The number of hydrogen-bond donors (Lipinski definition) is 0. The highest BCUT2D eigenvalue weighted by Gasteiger charge is 2.41. The van der Waals surface area contributed by atoms with E-state index < -0.39 is 18.5 Å². The van der Waals surface area contributed by atoms with Crippen molar-refractivity contribution in [2.45, 2.75) is 38.1 Å². The van der Waals surface area contributed by atoms with Crippen LogP contribution in [-0.4, -0.2) is 66.8 Å². The molecule has 2 heterocycles. The molecule has 110 valence electrons. The minimum absolute atomic E-state index is 0.153. The maximum absolute atomic E-state index is 12.3. The van der Waals surface area contributed by atoms with Gasteiger partial charge in [-0.05, 0) is 13.0 Å². The number of morpholine rings is 1. The quantitative estimate of drug-likeness (QED) is 0.763. The number of likely N-dealkylation sites (N-methyl/N-ethyl adjacent to an activating group) is 1. The first-order valence-electron chi connectivity index (χ1n) is 6.61. The number of ether oxygens (including phenoxy) is 1. The van der Waals surface area contributed by atoms with Gasteiger partial charge in [-0.2, -0.15) is 13.2 Å². The zero-order valence-electron chi connectivity index (χ0n) is 10.9. The van der Waals surface area contributed by atoms with Gasteiger partial charge in [0.25, 0.3) is 0 Å². The first-order chi connectivity index (χ1) is 8.90. The second kappa shape index (κ2) is 5.66. The molecule has 2 rings (SSSR count). The van der Waals surface area contributed by atoms with Gasteiger partial charge in [-0.1, -0.05) is 6.92 Å². The van der Waals surface area contributed by atoms with E-state index in [1.54, 1.807) is 0 Å². The molecular formula is C12H19F3N2O2. The Hall–Kier alpha value is -0.820. The van der Waals surface area contributed by atoms with Gasteiger partial charge >= 0.3 is 6.18 Å². The van der Waals surface area contributed by atoms with Crippen LogP contribution < -0.4 is 0 Å². The zero-order valence-corrected chi connectivity index (χ0v) is 10.9. The van der Waals surface area contributed by atoms with Crippen LogP contribution in [0.3, 0.4) is 0 Å². The molecule has 0 aromatic carbocycles. The van der Waals surface area contributed by atoms with E-state index in [0.29, 0.717) is 19.6 Å². The van der Waals surface area contributed by atoms with Crippen LogP contribution in [0.2, 0.25) is 0 Å². The fourth-order valence-electron chi connectivity index (χ4n) is 2.83. The largest absolute Gasteiger partial charge is 0.397 e. The van der Waals surface area contributed by atoms with Crippen molar-refractivity contribution in [1.29, 1.82) is 0 Å². The van der Waals surface area contributed by atoms with Gasteiger partial charge in [-0.15, -0.1) is 0 Å². The molecule has 0 bridgehead atoms. The monoisotopic (exact) mass is 280 g/mol. The van der Waals surface area contributed by atoms with E-state index in [4.69, 9.17) is 4.74 Å². The topological polar surface area (TPSA) is 32.8 Å². The minimum Gasteiger partial charge on any atom is -0.373 e. The summed E-state index contributed by atoms with van der Waals surface area (Å²) in [5.41, 5.74) is 0. The average molecular weight is 280 g/mol. The van der Waals surface area contributed by atoms with Gasteiger partial charge < -0.3 is 14.5 Å². The van der Waals surface area contributed by atoms with Crippen molar-refractivity contribution < 1.29 is 22.7 Å². The third kappa shape index (κ3) is 3.60. The molecule has 2 unspecified atom stereocenters. The maximum Gasteiger partial charge on any atom is 0.397 e. The van der Waals surface area contributed by atoms with E-state index in [1.807, 2.05) is 6.92 Å². The fraction of sp³-hybridized carbons (Fsp3) is 0.917. The number of hydrogen-bond acceptors (Lipinski definition) is 3.